The van der Waals surface area contributed by atoms with E-state index in [4.69, 9.17) is 0 Å². The van der Waals surface area contributed by atoms with E-state index in [0.29, 0.717) is 17.4 Å². The van der Waals surface area contributed by atoms with Crippen molar-refractivity contribution in [1.82, 2.24) is 0 Å². The number of hydrogen-bond donors (Lipinski definition) is 0. The minimum absolute atomic E-state index is 0.0943. The molecular weight excluding hydrogens is 381 g/mol. The van der Waals surface area contributed by atoms with Crippen LogP contribution in [-0.4, -0.2) is 0 Å². The lowest BCUT2D eigenvalue weighted by Gasteiger charge is -2.29. The number of halogens is 3. The van der Waals surface area contributed by atoms with Gasteiger partial charge >= 0.3 is 0 Å². The summed E-state index contributed by atoms with van der Waals surface area (Å²) in [6.45, 7) is 2.26. The summed E-state index contributed by atoms with van der Waals surface area (Å²) < 4.78 is 40.3. The molecule has 1 aliphatic rings. The zero-order valence-electron chi connectivity index (χ0n) is 17.3. The van der Waals surface area contributed by atoms with Crippen molar-refractivity contribution in [2.45, 2.75) is 56.8 Å². The molecule has 1 saturated carbocycles. The Hall–Kier alpha value is -2.55. The van der Waals surface area contributed by atoms with Crippen LogP contribution in [0, 0.1) is 17.5 Å². The average molecular weight is 409 g/mol. The second-order valence-corrected chi connectivity index (χ2v) is 8.60. The average Bonchev–Trinajstić information content (AvgIpc) is 2.78. The van der Waals surface area contributed by atoms with E-state index in [9.17, 15) is 13.2 Å². The van der Waals surface area contributed by atoms with Crippen LogP contribution in [0.25, 0.3) is 0 Å². The van der Waals surface area contributed by atoms with Gasteiger partial charge in [-0.15, -0.1) is 0 Å². The minimum atomic E-state index is -1.38. The van der Waals surface area contributed by atoms with Crippen molar-refractivity contribution in [3.05, 3.63) is 106 Å². The molecule has 0 radical (unpaired) electrons. The molecule has 156 valence electrons. The maximum Gasteiger partial charge on any atom is 0.194 e. The molecule has 4 rings (SSSR count). The lowest BCUT2D eigenvalue weighted by molar-refractivity contribution is 0.389. The maximum absolute atomic E-state index is 13.6. The second-order valence-electron chi connectivity index (χ2n) is 8.60. The number of rotatable bonds is 5. The standard InChI is InChI=1S/C27H27F3/c1-18(20-5-3-2-4-6-20)15-19-7-9-21(10-8-19)22-11-13-23(14-12-22)24-16-25(28)27(30)26(29)17-24/h2-10,16-18,22-23H,11-15H2,1H3/t18-,22?,23?/m1/s1. The highest BCUT2D eigenvalue weighted by Gasteiger charge is 2.25. The first kappa shape index (κ1) is 20.7. The first-order valence-electron chi connectivity index (χ1n) is 10.8. The molecule has 3 aromatic carbocycles. The third-order valence-electron chi connectivity index (χ3n) is 6.57. The van der Waals surface area contributed by atoms with Crippen LogP contribution in [0.4, 0.5) is 13.2 Å². The van der Waals surface area contributed by atoms with Crippen LogP contribution in [0.3, 0.4) is 0 Å². The molecule has 0 unspecified atom stereocenters. The van der Waals surface area contributed by atoms with Gasteiger partial charge in [-0.05, 0) is 84.2 Å². The van der Waals surface area contributed by atoms with Crippen molar-refractivity contribution in [2.24, 2.45) is 0 Å². The SMILES string of the molecule is C[C@H](Cc1ccc(C2CCC(c3cc(F)c(F)c(F)c3)CC2)cc1)c1ccccc1. The predicted molar refractivity (Wildman–Crippen MR) is 115 cm³/mol. The maximum atomic E-state index is 13.6. The van der Waals surface area contributed by atoms with Crippen molar-refractivity contribution in [3.8, 4) is 0 Å². The summed E-state index contributed by atoms with van der Waals surface area (Å²) in [5.41, 5.74) is 4.60. The Kier molecular flexibility index (Phi) is 6.26. The molecule has 1 atom stereocenters. The lowest BCUT2D eigenvalue weighted by atomic mass is 9.76. The molecule has 1 fully saturated rings. The van der Waals surface area contributed by atoms with Crippen molar-refractivity contribution in [2.75, 3.05) is 0 Å². The summed E-state index contributed by atoms with van der Waals surface area (Å²) in [7, 11) is 0. The third kappa shape index (κ3) is 4.61. The minimum Gasteiger partial charge on any atom is -0.204 e. The van der Waals surface area contributed by atoms with E-state index in [2.05, 4.69) is 55.5 Å². The van der Waals surface area contributed by atoms with Gasteiger partial charge < -0.3 is 0 Å². The Labute approximate surface area is 176 Å². The molecule has 0 nitrogen and oxygen atoms in total. The fourth-order valence-electron chi connectivity index (χ4n) is 4.75. The Bertz CT molecular complexity index is 948. The fourth-order valence-corrected chi connectivity index (χ4v) is 4.75. The van der Waals surface area contributed by atoms with Gasteiger partial charge in [0.1, 0.15) is 0 Å². The van der Waals surface area contributed by atoms with Gasteiger partial charge in [0, 0.05) is 0 Å². The monoisotopic (exact) mass is 408 g/mol. The van der Waals surface area contributed by atoms with Crippen LogP contribution in [0.5, 0.6) is 0 Å². The van der Waals surface area contributed by atoms with Crippen molar-refractivity contribution in [1.29, 1.82) is 0 Å². The quantitative estimate of drug-likeness (QED) is 0.377. The fraction of sp³-hybridized carbons (Fsp3) is 0.333. The number of hydrogen-bond acceptors (Lipinski definition) is 0. The summed E-state index contributed by atoms with van der Waals surface area (Å²) in [4.78, 5) is 0. The summed E-state index contributed by atoms with van der Waals surface area (Å²) in [5.74, 6) is -2.52. The van der Waals surface area contributed by atoms with E-state index in [1.54, 1.807) is 0 Å². The normalized spacial score (nSPS) is 20.1. The van der Waals surface area contributed by atoms with E-state index in [-0.39, 0.29) is 5.92 Å². The van der Waals surface area contributed by atoms with Gasteiger partial charge in [0.25, 0.3) is 0 Å². The molecule has 0 bridgehead atoms. The second kappa shape index (κ2) is 9.07. The zero-order chi connectivity index (χ0) is 21.1. The Morgan fingerprint density at radius 3 is 1.83 bits per heavy atom. The third-order valence-corrected chi connectivity index (χ3v) is 6.57. The van der Waals surface area contributed by atoms with Crippen LogP contribution in [-0.2, 0) is 6.42 Å². The van der Waals surface area contributed by atoms with Gasteiger partial charge in [-0.2, -0.15) is 0 Å². The summed E-state index contributed by atoms with van der Waals surface area (Å²) in [6, 6.07) is 21.8. The molecule has 3 heteroatoms. The first-order chi connectivity index (χ1) is 14.5. The largest absolute Gasteiger partial charge is 0.204 e. The molecule has 0 N–H and O–H groups in total. The summed E-state index contributed by atoms with van der Waals surface area (Å²) >= 11 is 0. The molecule has 0 aromatic heterocycles. The molecule has 0 heterocycles. The van der Waals surface area contributed by atoms with E-state index < -0.39 is 17.5 Å². The lowest BCUT2D eigenvalue weighted by Crippen LogP contribution is -2.13. The van der Waals surface area contributed by atoms with Crippen LogP contribution in [0.2, 0.25) is 0 Å². The van der Waals surface area contributed by atoms with Crippen LogP contribution in [0.1, 0.15) is 72.6 Å². The van der Waals surface area contributed by atoms with Crippen molar-refractivity contribution < 1.29 is 13.2 Å². The smallest absolute Gasteiger partial charge is 0.194 e. The molecule has 0 saturated heterocycles. The molecule has 3 aromatic rings. The van der Waals surface area contributed by atoms with E-state index in [1.165, 1.54) is 16.7 Å². The van der Waals surface area contributed by atoms with E-state index in [0.717, 1.165) is 44.2 Å². The highest BCUT2D eigenvalue weighted by Crippen LogP contribution is 2.41. The Morgan fingerprint density at radius 1 is 0.733 bits per heavy atom. The van der Waals surface area contributed by atoms with Gasteiger partial charge in [0.2, 0.25) is 0 Å². The first-order valence-corrected chi connectivity index (χ1v) is 10.8. The van der Waals surface area contributed by atoms with E-state index in [1.807, 2.05) is 6.07 Å². The molecule has 1 aliphatic carbocycles. The van der Waals surface area contributed by atoms with Crippen molar-refractivity contribution in [3.63, 3.8) is 0 Å². The van der Waals surface area contributed by atoms with Gasteiger partial charge in [0.05, 0.1) is 0 Å². The van der Waals surface area contributed by atoms with Crippen LogP contribution >= 0.6 is 0 Å². The Morgan fingerprint density at radius 2 is 1.27 bits per heavy atom. The molecule has 0 amide bonds. The molecule has 0 spiro atoms. The molecule has 0 aliphatic heterocycles. The highest BCUT2D eigenvalue weighted by molar-refractivity contribution is 5.30. The predicted octanol–water partition coefficient (Wildman–Crippen LogP) is 7.89. The van der Waals surface area contributed by atoms with Gasteiger partial charge in [-0.3, -0.25) is 0 Å². The molecule has 30 heavy (non-hydrogen) atoms. The molecular formula is C27H27F3. The topological polar surface area (TPSA) is 0 Å². The van der Waals surface area contributed by atoms with E-state index >= 15 is 0 Å². The van der Waals surface area contributed by atoms with Crippen LogP contribution < -0.4 is 0 Å². The van der Waals surface area contributed by atoms with Crippen LogP contribution in [0.15, 0.2) is 66.7 Å². The van der Waals surface area contributed by atoms with Gasteiger partial charge in [-0.25, -0.2) is 13.2 Å². The highest BCUT2D eigenvalue weighted by atomic mass is 19.2. The van der Waals surface area contributed by atoms with Gasteiger partial charge in [-0.1, -0.05) is 61.5 Å². The van der Waals surface area contributed by atoms with Crippen molar-refractivity contribution >= 4 is 0 Å². The summed E-state index contributed by atoms with van der Waals surface area (Å²) in [6.07, 6.45) is 4.69. The summed E-state index contributed by atoms with van der Waals surface area (Å²) in [5, 5.41) is 0. The zero-order valence-corrected chi connectivity index (χ0v) is 17.3. The number of benzene rings is 3. The van der Waals surface area contributed by atoms with Gasteiger partial charge in [0.15, 0.2) is 17.5 Å². The Balaban J connectivity index is 1.36.